The van der Waals surface area contributed by atoms with Gasteiger partial charge in [0.1, 0.15) is 11.6 Å². The summed E-state index contributed by atoms with van der Waals surface area (Å²) in [7, 11) is 0. The van der Waals surface area contributed by atoms with Gasteiger partial charge in [0.05, 0.1) is 18.8 Å². The Kier molecular flexibility index (Phi) is 9.37. The van der Waals surface area contributed by atoms with Crippen LogP contribution in [0.3, 0.4) is 0 Å². The molecule has 0 aromatic rings. The second kappa shape index (κ2) is 11.5. The van der Waals surface area contributed by atoms with Crippen LogP contribution in [-0.4, -0.2) is 72.4 Å². The Labute approximate surface area is 191 Å². The predicted molar refractivity (Wildman–Crippen MR) is 111 cm³/mol. The second-order valence-corrected chi connectivity index (χ2v) is 8.52. The summed E-state index contributed by atoms with van der Waals surface area (Å²) in [5.74, 6) is -0.900. The molecule has 2 aliphatic heterocycles. The highest BCUT2D eigenvalue weighted by Gasteiger charge is 2.45. The van der Waals surface area contributed by atoms with Gasteiger partial charge in [-0.3, -0.25) is 14.6 Å². The number of halogens is 1. The minimum absolute atomic E-state index is 0.169. The van der Waals surface area contributed by atoms with E-state index in [9.17, 15) is 14.4 Å². The number of hydrogen-bond donors (Lipinski definition) is 3. The van der Waals surface area contributed by atoms with E-state index in [4.69, 9.17) is 35.3 Å². The van der Waals surface area contributed by atoms with E-state index in [1.54, 1.807) is 32.0 Å². The van der Waals surface area contributed by atoms with Gasteiger partial charge in [0.25, 0.3) is 0 Å². The standard InChI is InChI=1S/C19H31ClN4O8/c1-11(25)29-15-8-14(16(28-7-6-20)31-17(15)30-12(2)26)24-10-13(22-23-24)9-21-18(27)32-19(3,4)5/h10,14-17,22-23H,6-9H2,1-5H3,(H,21,27). The summed E-state index contributed by atoms with van der Waals surface area (Å²) in [5, 5.41) is 4.31. The molecule has 0 bridgehead atoms. The maximum atomic E-state index is 11.9. The second-order valence-electron chi connectivity index (χ2n) is 8.15. The zero-order valence-electron chi connectivity index (χ0n) is 18.8. The Morgan fingerprint density at radius 2 is 1.91 bits per heavy atom. The molecule has 1 amide bonds. The number of amides is 1. The van der Waals surface area contributed by atoms with E-state index in [-0.39, 0.29) is 25.5 Å². The van der Waals surface area contributed by atoms with Gasteiger partial charge in [-0.2, -0.15) is 0 Å². The van der Waals surface area contributed by atoms with Gasteiger partial charge in [0.2, 0.25) is 6.29 Å². The first-order chi connectivity index (χ1) is 15.0. The van der Waals surface area contributed by atoms with Crippen LogP contribution in [0.5, 0.6) is 0 Å². The van der Waals surface area contributed by atoms with Crippen LogP contribution < -0.4 is 16.3 Å². The lowest BCUT2D eigenvalue weighted by Crippen LogP contribution is -2.59. The van der Waals surface area contributed by atoms with Crippen LogP contribution in [0.25, 0.3) is 0 Å². The molecule has 0 spiro atoms. The molecule has 3 N–H and O–H groups in total. The van der Waals surface area contributed by atoms with Gasteiger partial charge in [0.15, 0.2) is 12.4 Å². The van der Waals surface area contributed by atoms with Crippen LogP contribution in [-0.2, 0) is 33.3 Å². The Balaban J connectivity index is 2.08. The third kappa shape index (κ3) is 8.34. The van der Waals surface area contributed by atoms with Crippen molar-refractivity contribution in [2.75, 3.05) is 19.0 Å². The Morgan fingerprint density at radius 1 is 1.22 bits per heavy atom. The molecule has 182 valence electrons. The van der Waals surface area contributed by atoms with E-state index in [0.717, 1.165) is 0 Å². The number of esters is 2. The van der Waals surface area contributed by atoms with Crippen molar-refractivity contribution in [3.8, 4) is 0 Å². The van der Waals surface area contributed by atoms with Crippen LogP contribution in [0, 0.1) is 0 Å². The molecule has 0 radical (unpaired) electrons. The first-order valence-corrected chi connectivity index (χ1v) is 10.7. The number of nitrogens with one attached hydrogen (secondary N) is 3. The van der Waals surface area contributed by atoms with Gasteiger partial charge in [0, 0.05) is 32.3 Å². The average molecular weight is 479 g/mol. The maximum absolute atomic E-state index is 11.9. The Morgan fingerprint density at radius 3 is 2.50 bits per heavy atom. The van der Waals surface area contributed by atoms with Crippen molar-refractivity contribution in [2.24, 2.45) is 0 Å². The van der Waals surface area contributed by atoms with Crippen LogP contribution in [0.4, 0.5) is 4.79 Å². The summed E-state index contributed by atoms with van der Waals surface area (Å²) in [6.07, 6.45) is -1.45. The molecule has 4 unspecified atom stereocenters. The van der Waals surface area contributed by atoms with E-state index in [1.807, 2.05) is 0 Å². The van der Waals surface area contributed by atoms with Gasteiger partial charge in [-0.1, -0.05) is 0 Å². The molecule has 0 saturated carbocycles. The molecule has 1 fully saturated rings. The van der Waals surface area contributed by atoms with E-state index in [1.165, 1.54) is 13.8 Å². The lowest BCUT2D eigenvalue weighted by molar-refractivity contribution is -0.308. The van der Waals surface area contributed by atoms with E-state index in [0.29, 0.717) is 5.70 Å². The Bertz CT molecular complexity index is 714. The van der Waals surface area contributed by atoms with Crippen molar-refractivity contribution >= 4 is 29.6 Å². The number of carbonyl (C=O) groups is 3. The molecule has 32 heavy (non-hydrogen) atoms. The Hall–Kier alpha value is -2.28. The fraction of sp³-hybridized carbons (Fsp3) is 0.737. The van der Waals surface area contributed by atoms with Crippen molar-refractivity contribution in [3.05, 3.63) is 11.9 Å². The van der Waals surface area contributed by atoms with Crippen LogP contribution in [0.15, 0.2) is 11.9 Å². The first-order valence-electron chi connectivity index (χ1n) is 10.1. The zero-order chi connectivity index (χ0) is 23.9. The lowest BCUT2D eigenvalue weighted by atomic mass is 10.0. The highest BCUT2D eigenvalue weighted by molar-refractivity contribution is 6.17. The van der Waals surface area contributed by atoms with Gasteiger partial charge in [-0.15, -0.1) is 17.1 Å². The number of carbonyl (C=O) groups excluding carboxylic acids is 3. The molecule has 13 heteroatoms. The molecular weight excluding hydrogens is 448 g/mol. The third-order valence-electron chi connectivity index (χ3n) is 4.14. The van der Waals surface area contributed by atoms with Gasteiger partial charge >= 0.3 is 18.0 Å². The number of rotatable bonds is 8. The molecule has 12 nitrogen and oxygen atoms in total. The fourth-order valence-electron chi connectivity index (χ4n) is 3.03. The van der Waals surface area contributed by atoms with E-state index >= 15 is 0 Å². The zero-order valence-corrected chi connectivity index (χ0v) is 19.6. The highest BCUT2D eigenvalue weighted by Crippen LogP contribution is 2.29. The topological polar surface area (TPSA) is 137 Å². The molecule has 0 aromatic heterocycles. The summed E-state index contributed by atoms with van der Waals surface area (Å²) in [5.41, 5.74) is 5.90. The van der Waals surface area contributed by atoms with E-state index < -0.39 is 48.4 Å². The van der Waals surface area contributed by atoms with Gasteiger partial charge < -0.3 is 34.4 Å². The fourth-order valence-corrected chi connectivity index (χ4v) is 3.12. The average Bonchev–Trinajstić information content (AvgIpc) is 3.13. The van der Waals surface area contributed by atoms with Crippen molar-refractivity contribution in [2.45, 2.75) is 71.4 Å². The first kappa shape index (κ1) is 26.0. The third-order valence-corrected chi connectivity index (χ3v) is 4.29. The van der Waals surface area contributed by atoms with Gasteiger partial charge in [-0.05, 0) is 20.8 Å². The minimum Gasteiger partial charge on any atom is -0.456 e. The summed E-state index contributed by atoms with van der Waals surface area (Å²) in [4.78, 5) is 34.9. The molecule has 0 aliphatic carbocycles. The molecule has 2 aliphatic rings. The molecule has 0 aromatic carbocycles. The van der Waals surface area contributed by atoms with E-state index in [2.05, 4.69) is 16.3 Å². The number of nitrogens with zero attached hydrogens (tertiary/aromatic N) is 1. The number of hydrazine groups is 2. The number of ether oxygens (including phenoxy) is 5. The maximum Gasteiger partial charge on any atom is 0.407 e. The number of alkyl carbamates (subject to hydrolysis) is 1. The minimum atomic E-state index is -1.12. The van der Waals surface area contributed by atoms with Crippen molar-refractivity contribution in [1.82, 2.24) is 21.3 Å². The van der Waals surface area contributed by atoms with Crippen LogP contribution in [0.2, 0.25) is 0 Å². The van der Waals surface area contributed by atoms with Crippen molar-refractivity contribution in [1.29, 1.82) is 0 Å². The highest BCUT2D eigenvalue weighted by atomic mass is 35.5. The summed E-state index contributed by atoms with van der Waals surface area (Å²) >= 11 is 5.75. The normalized spacial score (nSPS) is 25.4. The summed E-state index contributed by atoms with van der Waals surface area (Å²) in [6.45, 7) is 8.16. The molecular formula is C19H31ClN4O8. The van der Waals surface area contributed by atoms with Crippen molar-refractivity contribution in [3.63, 3.8) is 0 Å². The molecule has 4 atom stereocenters. The number of hydrogen-bond acceptors (Lipinski definition) is 11. The smallest absolute Gasteiger partial charge is 0.407 e. The summed E-state index contributed by atoms with van der Waals surface area (Å²) < 4.78 is 27.2. The largest absolute Gasteiger partial charge is 0.456 e. The monoisotopic (exact) mass is 478 g/mol. The number of alkyl halides is 1. The van der Waals surface area contributed by atoms with Crippen LogP contribution >= 0.6 is 11.6 Å². The van der Waals surface area contributed by atoms with Crippen molar-refractivity contribution < 1.29 is 38.1 Å². The predicted octanol–water partition coefficient (Wildman–Crippen LogP) is 0.869. The van der Waals surface area contributed by atoms with Crippen LogP contribution in [0.1, 0.15) is 41.0 Å². The summed E-state index contributed by atoms with van der Waals surface area (Å²) in [6, 6.07) is -0.485. The quantitative estimate of drug-likeness (QED) is 0.260. The lowest BCUT2D eigenvalue weighted by Gasteiger charge is -2.42. The molecule has 1 saturated heterocycles. The molecule has 2 rings (SSSR count). The van der Waals surface area contributed by atoms with Gasteiger partial charge in [-0.25, -0.2) is 4.79 Å². The molecule has 2 heterocycles. The SMILES string of the molecule is CC(=O)OC1CC(N2C=C(CNC(=O)OC(C)(C)C)NN2)C(OCCCl)OC1OC(C)=O.